The minimum absolute atomic E-state index is 0.0876. The lowest BCUT2D eigenvalue weighted by atomic mass is 9.78. The summed E-state index contributed by atoms with van der Waals surface area (Å²) in [5, 5.41) is 0. The molecular formula is C23H24F4O. The highest BCUT2D eigenvalue weighted by molar-refractivity contribution is 5.65. The quantitative estimate of drug-likeness (QED) is 0.475. The molecule has 150 valence electrons. The number of hydrogen-bond acceptors (Lipinski definition) is 1. The zero-order chi connectivity index (χ0) is 20.1. The highest BCUT2D eigenvalue weighted by Gasteiger charge is 2.22. The molecule has 1 nitrogen and oxygen atoms in total. The van der Waals surface area contributed by atoms with E-state index in [4.69, 9.17) is 4.74 Å². The summed E-state index contributed by atoms with van der Waals surface area (Å²) in [6.07, 6.45) is 4.83. The van der Waals surface area contributed by atoms with Gasteiger partial charge in [0.25, 0.3) is 0 Å². The minimum atomic E-state index is -1.04. The Morgan fingerprint density at radius 1 is 1.00 bits per heavy atom. The van der Waals surface area contributed by atoms with Crippen molar-refractivity contribution in [2.45, 2.75) is 38.5 Å². The molecule has 0 saturated heterocycles. The molecule has 3 rings (SSSR count). The smallest absolute Gasteiger partial charge is 0.201 e. The van der Waals surface area contributed by atoms with E-state index in [2.05, 4.69) is 0 Å². The van der Waals surface area contributed by atoms with Crippen LogP contribution in [0.2, 0.25) is 0 Å². The maximum atomic E-state index is 14.4. The molecule has 0 atom stereocenters. The first-order chi connectivity index (χ1) is 13.5. The van der Waals surface area contributed by atoms with Crippen molar-refractivity contribution < 1.29 is 22.3 Å². The lowest BCUT2D eigenvalue weighted by Gasteiger charge is -2.27. The third kappa shape index (κ3) is 4.57. The van der Waals surface area contributed by atoms with Crippen LogP contribution in [0.15, 0.2) is 48.3 Å². The molecule has 2 aromatic carbocycles. The lowest BCUT2D eigenvalue weighted by Crippen LogP contribution is -2.12. The molecular weight excluding hydrogens is 368 g/mol. The number of hydrogen-bond donors (Lipinski definition) is 0. The first kappa shape index (κ1) is 20.4. The molecule has 0 bridgehead atoms. The molecule has 28 heavy (non-hydrogen) atoms. The Morgan fingerprint density at radius 2 is 1.68 bits per heavy atom. The maximum absolute atomic E-state index is 14.4. The minimum Gasteiger partial charge on any atom is -0.491 e. The highest BCUT2D eigenvalue weighted by atomic mass is 19.2. The van der Waals surface area contributed by atoms with Crippen LogP contribution in [0.3, 0.4) is 0 Å². The number of ether oxygens (including phenoxy) is 1. The van der Waals surface area contributed by atoms with Crippen molar-refractivity contribution in [1.82, 2.24) is 0 Å². The first-order valence-corrected chi connectivity index (χ1v) is 9.66. The molecule has 0 unspecified atom stereocenters. The molecule has 1 fully saturated rings. The van der Waals surface area contributed by atoms with Gasteiger partial charge in [0.15, 0.2) is 11.6 Å². The summed E-state index contributed by atoms with van der Waals surface area (Å²) in [6, 6.07) is 10.4. The van der Waals surface area contributed by atoms with E-state index in [1.807, 2.05) is 12.1 Å². The van der Waals surface area contributed by atoms with Gasteiger partial charge in [-0.2, -0.15) is 4.39 Å². The van der Waals surface area contributed by atoms with Crippen LogP contribution < -0.4 is 4.74 Å². The molecule has 0 spiro atoms. The first-order valence-electron chi connectivity index (χ1n) is 9.66. The van der Waals surface area contributed by atoms with E-state index in [9.17, 15) is 17.6 Å². The average Bonchev–Trinajstić information content (AvgIpc) is 2.72. The van der Waals surface area contributed by atoms with Gasteiger partial charge in [0.1, 0.15) is 12.5 Å². The molecule has 0 aromatic heterocycles. The van der Waals surface area contributed by atoms with E-state index in [1.54, 1.807) is 19.1 Å². The Kier molecular flexibility index (Phi) is 6.76. The van der Waals surface area contributed by atoms with Gasteiger partial charge in [-0.05, 0) is 73.8 Å². The van der Waals surface area contributed by atoms with Crippen molar-refractivity contribution in [2.24, 2.45) is 5.92 Å². The van der Waals surface area contributed by atoms with Crippen molar-refractivity contribution in [1.29, 1.82) is 0 Å². The van der Waals surface area contributed by atoms with Crippen LogP contribution in [0.1, 0.15) is 44.1 Å². The van der Waals surface area contributed by atoms with Crippen LogP contribution in [0, 0.1) is 17.6 Å². The lowest BCUT2D eigenvalue weighted by molar-refractivity contribution is 0.314. The number of benzene rings is 2. The van der Waals surface area contributed by atoms with Gasteiger partial charge in [0.2, 0.25) is 5.82 Å². The Bertz CT molecular complexity index is 821. The van der Waals surface area contributed by atoms with E-state index in [0.29, 0.717) is 11.5 Å². The van der Waals surface area contributed by atoms with Crippen molar-refractivity contribution in [2.75, 3.05) is 13.3 Å². The molecule has 1 aliphatic rings. The molecule has 1 aliphatic carbocycles. The van der Waals surface area contributed by atoms with E-state index in [1.165, 1.54) is 18.2 Å². The van der Waals surface area contributed by atoms with Gasteiger partial charge in [-0.1, -0.05) is 24.3 Å². The molecule has 0 amide bonds. The molecule has 0 radical (unpaired) electrons. The molecule has 2 aromatic rings. The average molecular weight is 392 g/mol. The van der Waals surface area contributed by atoms with Crippen molar-refractivity contribution in [3.63, 3.8) is 0 Å². The van der Waals surface area contributed by atoms with Crippen molar-refractivity contribution in [3.8, 4) is 16.9 Å². The normalized spacial score (nSPS) is 20.2. The predicted molar refractivity (Wildman–Crippen MR) is 103 cm³/mol. The van der Waals surface area contributed by atoms with E-state index in [0.717, 1.165) is 31.2 Å². The topological polar surface area (TPSA) is 9.23 Å². The Morgan fingerprint density at radius 3 is 2.29 bits per heavy atom. The fourth-order valence-electron chi connectivity index (χ4n) is 3.88. The number of allylic oxidation sites excluding steroid dienone is 2. The van der Waals surface area contributed by atoms with E-state index >= 15 is 0 Å². The second kappa shape index (κ2) is 9.26. The van der Waals surface area contributed by atoms with Crippen LogP contribution in [0.25, 0.3) is 11.1 Å². The zero-order valence-electron chi connectivity index (χ0n) is 15.9. The Hall–Kier alpha value is -2.30. The van der Waals surface area contributed by atoms with Gasteiger partial charge in [0, 0.05) is 5.56 Å². The third-order valence-electron chi connectivity index (χ3n) is 5.36. The van der Waals surface area contributed by atoms with Gasteiger partial charge < -0.3 is 4.74 Å². The van der Waals surface area contributed by atoms with Crippen LogP contribution in [0.4, 0.5) is 17.6 Å². The molecule has 1 saturated carbocycles. The second-order valence-electron chi connectivity index (χ2n) is 7.15. The van der Waals surface area contributed by atoms with Gasteiger partial charge >= 0.3 is 0 Å². The summed E-state index contributed by atoms with van der Waals surface area (Å²) in [7, 11) is 0. The van der Waals surface area contributed by atoms with E-state index in [-0.39, 0.29) is 23.8 Å². The van der Waals surface area contributed by atoms with Crippen molar-refractivity contribution >= 4 is 0 Å². The van der Waals surface area contributed by atoms with Crippen LogP contribution in [-0.2, 0) is 0 Å². The molecule has 5 heteroatoms. The fraction of sp³-hybridized carbons (Fsp3) is 0.391. The Balaban J connectivity index is 1.70. The van der Waals surface area contributed by atoms with Crippen LogP contribution >= 0.6 is 0 Å². The monoisotopic (exact) mass is 392 g/mol. The van der Waals surface area contributed by atoms with Crippen molar-refractivity contribution in [3.05, 3.63) is 65.5 Å². The zero-order valence-corrected chi connectivity index (χ0v) is 15.9. The third-order valence-corrected chi connectivity index (χ3v) is 5.36. The fourth-order valence-corrected chi connectivity index (χ4v) is 3.88. The molecule has 0 N–H and O–H groups in total. The maximum Gasteiger partial charge on any atom is 0.201 e. The SMILES string of the molecule is CCOc1ccc(-c2ccc(C3CCC(C=C(F)CF)CC3)cc2)c(F)c1F. The number of alkyl halides is 1. The standard InChI is InChI=1S/C23H24F4O/c1-2-28-21-12-11-20(22(26)23(21)27)18-9-7-17(8-10-18)16-5-3-15(4-6-16)13-19(25)14-24/h7-13,15-16H,2-6,14H2,1H3. The molecule has 0 heterocycles. The summed E-state index contributed by atoms with van der Waals surface area (Å²) < 4.78 is 58.9. The van der Waals surface area contributed by atoms with Crippen LogP contribution in [0.5, 0.6) is 5.75 Å². The summed E-state index contributed by atoms with van der Waals surface area (Å²) in [5.74, 6) is -2.23. The number of rotatable bonds is 6. The van der Waals surface area contributed by atoms with Gasteiger partial charge in [-0.15, -0.1) is 0 Å². The predicted octanol–water partition coefficient (Wildman–Crippen LogP) is 7.13. The highest BCUT2D eigenvalue weighted by Crippen LogP contribution is 2.38. The Labute approximate surface area is 163 Å². The summed E-state index contributed by atoms with van der Waals surface area (Å²) in [5.41, 5.74) is 1.93. The van der Waals surface area contributed by atoms with Gasteiger partial charge in [-0.3, -0.25) is 0 Å². The van der Waals surface area contributed by atoms with Crippen LogP contribution in [-0.4, -0.2) is 13.3 Å². The number of halogens is 4. The van der Waals surface area contributed by atoms with Gasteiger partial charge in [0.05, 0.1) is 6.61 Å². The summed E-state index contributed by atoms with van der Waals surface area (Å²) >= 11 is 0. The molecule has 0 aliphatic heterocycles. The van der Waals surface area contributed by atoms with E-state index < -0.39 is 24.1 Å². The largest absolute Gasteiger partial charge is 0.491 e. The summed E-state index contributed by atoms with van der Waals surface area (Å²) in [4.78, 5) is 0. The second-order valence-corrected chi connectivity index (χ2v) is 7.15. The summed E-state index contributed by atoms with van der Waals surface area (Å²) in [6.45, 7) is 0.943. The van der Waals surface area contributed by atoms with Gasteiger partial charge in [-0.25, -0.2) is 13.2 Å².